The third kappa shape index (κ3) is 1.19. The van der Waals surface area contributed by atoms with Crippen molar-refractivity contribution >= 4 is 5.84 Å². The van der Waals surface area contributed by atoms with E-state index in [0.29, 0.717) is 6.73 Å². The summed E-state index contributed by atoms with van der Waals surface area (Å²) >= 11 is 0. The fourth-order valence-corrected chi connectivity index (χ4v) is 1.26. The van der Waals surface area contributed by atoms with Crippen molar-refractivity contribution in [2.24, 2.45) is 4.99 Å². The number of hydrogen-bond donors (Lipinski definition) is 0. The van der Waals surface area contributed by atoms with Crippen molar-refractivity contribution in [1.82, 2.24) is 14.9 Å². The maximum Gasteiger partial charge on any atom is 0.169 e. The van der Waals surface area contributed by atoms with Gasteiger partial charge in [0.2, 0.25) is 0 Å². The minimum Gasteiger partial charge on any atom is -0.237 e. The van der Waals surface area contributed by atoms with Gasteiger partial charge in [0, 0.05) is 0 Å². The molecule has 6 heteroatoms. The molecular formula is C7H11N5O. The van der Waals surface area contributed by atoms with E-state index in [-0.39, 0.29) is 0 Å². The first-order chi connectivity index (χ1) is 6.20. The summed E-state index contributed by atoms with van der Waals surface area (Å²) in [7, 11) is 0. The minimum atomic E-state index is 0.364. The Morgan fingerprint density at radius 1 is 1.15 bits per heavy atom. The lowest BCUT2D eigenvalue weighted by atomic mass is 10.6. The number of aliphatic imine (C=N–C) groups is 1. The van der Waals surface area contributed by atoms with Gasteiger partial charge in [-0.05, 0) is 20.8 Å². The Balaban J connectivity index is 2.40. The molecule has 2 rings (SSSR count). The Hall–Kier alpha value is -1.43. The third-order valence-corrected chi connectivity index (χ3v) is 1.88. The van der Waals surface area contributed by atoms with Crippen molar-refractivity contribution in [3.8, 4) is 0 Å². The number of amidine groups is 1. The maximum atomic E-state index is 5.28. The van der Waals surface area contributed by atoms with Crippen LogP contribution in [0.3, 0.4) is 0 Å². The quantitative estimate of drug-likeness (QED) is 0.619. The minimum absolute atomic E-state index is 0.364. The average Bonchev–Trinajstić information content (AvgIpc) is 2.60. The molecule has 0 radical (unpaired) electrons. The molecule has 1 aliphatic rings. The summed E-state index contributed by atoms with van der Waals surface area (Å²) in [4.78, 5) is 9.38. The lowest BCUT2D eigenvalue weighted by Gasteiger charge is -2.18. The number of hydroxylamine groups is 1. The molecule has 0 spiro atoms. The van der Waals surface area contributed by atoms with Gasteiger partial charge < -0.3 is 0 Å². The molecule has 1 aromatic heterocycles. The van der Waals surface area contributed by atoms with Crippen LogP contribution in [-0.2, 0) is 4.84 Å². The molecule has 70 valence electrons. The first-order valence-electron chi connectivity index (χ1n) is 4.03. The van der Waals surface area contributed by atoms with Crippen LogP contribution in [0.5, 0.6) is 0 Å². The second-order valence-corrected chi connectivity index (χ2v) is 2.84. The van der Waals surface area contributed by atoms with E-state index >= 15 is 0 Å². The molecule has 1 aliphatic heterocycles. The highest BCUT2D eigenvalue weighted by Gasteiger charge is 2.19. The van der Waals surface area contributed by atoms with Gasteiger partial charge in [-0.25, -0.2) is 9.83 Å². The van der Waals surface area contributed by atoms with E-state index in [9.17, 15) is 0 Å². The van der Waals surface area contributed by atoms with Crippen LogP contribution in [0.25, 0.3) is 0 Å². The maximum absolute atomic E-state index is 5.28. The van der Waals surface area contributed by atoms with E-state index in [4.69, 9.17) is 4.84 Å². The summed E-state index contributed by atoms with van der Waals surface area (Å²) in [5.41, 5.74) is 0. The Morgan fingerprint density at radius 2 is 1.77 bits per heavy atom. The number of aromatic nitrogens is 3. The molecule has 13 heavy (non-hydrogen) atoms. The molecule has 0 bridgehead atoms. The van der Waals surface area contributed by atoms with Crippen LogP contribution in [0, 0.1) is 13.8 Å². The van der Waals surface area contributed by atoms with Crippen molar-refractivity contribution in [1.29, 1.82) is 0 Å². The molecule has 0 saturated carbocycles. The zero-order valence-electron chi connectivity index (χ0n) is 7.85. The highest BCUT2D eigenvalue weighted by Crippen LogP contribution is 2.07. The highest BCUT2D eigenvalue weighted by atomic mass is 16.7. The van der Waals surface area contributed by atoms with Crippen LogP contribution in [-0.4, -0.2) is 27.4 Å². The van der Waals surface area contributed by atoms with Crippen molar-refractivity contribution in [3.05, 3.63) is 11.6 Å². The first kappa shape index (κ1) is 8.18. The van der Waals surface area contributed by atoms with E-state index in [0.717, 1.165) is 17.5 Å². The van der Waals surface area contributed by atoms with Gasteiger partial charge in [-0.2, -0.15) is 4.68 Å². The molecule has 6 nitrogen and oxygen atoms in total. The summed E-state index contributed by atoms with van der Waals surface area (Å²) in [6.07, 6.45) is 0. The fraction of sp³-hybridized carbons (Fsp3) is 0.571. The zero-order valence-corrected chi connectivity index (χ0v) is 7.85. The molecule has 0 aliphatic carbocycles. The summed E-state index contributed by atoms with van der Waals surface area (Å²) in [5, 5.41) is 9.46. The van der Waals surface area contributed by atoms with Crippen molar-refractivity contribution < 1.29 is 4.84 Å². The normalized spacial score (nSPS) is 16.5. The van der Waals surface area contributed by atoms with E-state index < -0.39 is 0 Å². The number of nitrogens with zero attached hydrogens (tertiary/aromatic N) is 5. The van der Waals surface area contributed by atoms with Gasteiger partial charge in [-0.15, -0.1) is 15.4 Å². The van der Waals surface area contributed by atoms with Crippen molar-refractivity contribution in [2.45, 2.75) is 20.8 Å². The molecular weight excluding hydrogens is 170 g/mol. The third-order valence-electron chi connectivity index (χ3n) is 1.88. The largest absolute Gasteiger partial charge is 0.237 e. The van der Waals surface area contributed by atoms with Crippen LogP contribution in [0.15, 0.2) is 4.99 Å². The van der Waals surface area contributed by atoms with Gasteiger partial charge in [-0.1, -0.05) is 0 Å². The van der Waals surface area contributed by atoms with Gasteiger partial charge in [0.1, 0.15) is 5.84 Å². The molecule has 0 amide bonds. The zero-order chi connectivity index (χ0) is 9.42. The highest BCUT2D eigenvalue weighted by molar-refractivity contribution is 5.88. The van der Waals surface area contributed by atoms with Crippen LogP contribution >= 0.6 is 0 Å². The van der Waals surface area contributed by atoms with Crippen LogP contribution in [0.2, 0.25) is 0 Å². The fourth-order valence-electron chi connectivity index (χ4n) is 1.26. The second kappa shape index (κ2) is 2.81. The first-order valence-corrected chi connectivity index (χ1v) is 4.03. The predicted molar refractivity (Wildman–Crippen MR) is 46.8 cm³/mol. The summed E-state index contributed by atoms with van der Waals surface area (Å²) in [5.74, 6) is 2.38. The van der Waals surface area contributed by atoms with Gasteiger partial charge in [0.05, 0.1) is 0 Å². The predicted octanol–water partition coefficient (Wildman–Crippen LogP) is 0.154. The summed E-state index contributed by atoms with van der Waals surface area (Å²) in [6, 6.07) is 0. The van der Waals surface area contributed by atoms with Crippen molar-refractivity contribution in [3.63, 3.8) is 0 Å². The van der Waals surface area contributed by atoms with Crippen LogP contribution in [0.4, 0.5) is 0 Å². The molecule has 1 aromatic rings. The lowest BCUT2D eigenvalue weighted by Crippen LogP contribution is -2.36. The molecule has 0 unspecified atom stereocenters. The Bertz CT molecular complexity index is 336. The summed E-state index contributed by atoms with van der Waals surface area (Å²) < 4.78 is 1.78. The van der Waals surface area contributed by atoms with Crippen LogP contribution in [0.1, 0.15) is 18.6 Å². The Kier molecular flexibility index (Phi) is 1.77. The van der Waals surface area contributed by atoms with Crippen molar-refractivity contribution in [2.75, 3.05) is 11.9 Å². The second-order valence-electron chi connectivity index (χ2n) is 2.84. The summed E-state index contributed by atoms with van der Waals surface area (Å²) in [6.45, 7) is 5.98. The average molecular weight is 181 g/mol. The van der Waals surface area contributed by atoms with E-state index in [2.05, 4.69) is 15.2 Å². The SMILES string of the molecule is CC1=NCON1n1c(C)nnc1C. The molecule has 0 aromatic carbocycles. The molecule has 0 saturated heterocycles. The Labute approximate surface area is 75.8 Å². The standard InChI is InChI=1S/C7H11N5O/c1-5-8-4-13-12(5)11-6(2)9-10-7(11)3/h4H2,1-3H3. The monoisotopic (exact) mass is 181 g/mol. The van der Waals surface area contributed by atoms with Gasteiger partial charge in [0.15, 0.2) is 18.4 Å². The molecule has 2 heterocycles. The number of rotatable bonds is 1. The Morgan fingerprint density at radius 3 is 2.23 bits per heavy atom. The van der Waals surface area contributed by atoms with E-state index in [1.54, 1.807) is 9.85 Å². The van der Waals surface area contributed by atoms with Crippen LogP contribution < -0.4 is 5.17 Å². The van der Waals surface area contributed by atoms with E-state index in [1.807, 2.05) is 20.8 Å². The lowest BCUT2D eigenvalue weighted by molar-refractivity contribution is 0.118. The van der Waals surface area contributed by atoms with Gasteiger partial charge in [0.25, 0.3) is 0 Å². The molecule has 0 atom stereocenters. The number of aryl methyl sites for hydroxylation is 2. The topological polar surface area (TPSA) is 55.5 Å². The molecule has 0 N–H and O–H groups in total. The molecule has 0 fully saturated rings. The van der Waals surface area contributed by atoms with E-state index in [1.165, 1.54) is 0 Å². The van der Waals surface area contributed by atoms with Gasteiger partial charge >= 0.3 is 0 Å². The smallest absolute Gasteiger partial charge is 0.169 e. The van der Waals surface area contributed by atoms with Gasteiger partial charge in [-0.3, -0.25) is 0 Å². The number of hydrogen-bond acceptors (Lipinski definition) is 5.